The number of rotatable bonds is 7. The van der Waals surface area contributed by atoms with E-state index < -0.39 is 6.04 Å². The first-order chi connectivity index (χ1) is 13.6. The fourth-order valence-electron chi connectivity index (χ4n) is 2.75. The number of amides is 1. The first-order valence-electron chi connectivity index (χ1n) is 8.99. The predicted molar refractivity (Wildman–Crippen MR) is 106 cm³/mol. The van der Waals surface area contributed by atoms with E-state index in [2.05, 4.69) is 15.4 Å². The summed E-state index contributed by atoms with van der Waals surface area (Å²) in [6.07, 6.45) is 4.01. The molecule has 2 aromatic heterocycles. The summed E-state index contributed by atoms with van der Waals surface area (Å²) in [5.41, 5.74) is 2.13. The second-order valence-electron chi connectivity index (χ2n) is 6.31. The van der Waals surface area contributed by atoms with E-state index >= 15 is 0 Å². The number of hydrogen-bond acceptors (Lipinski definition) is 5. The standard InChI is InChI=1S/C21H22N4O3/c1-15(21(27)23-13-11-16-5-7-18(28-2)8-6-16)25-20(26)10-9-19(24-25)17-4-3-12-22-14-17/h3-10,12,14-15H,11,13H2,1-2H3,(H,23,27). The zero-order chi connectivity index (χ0) is 19.9. The smallest absolute Gasteiger partial charge is 0.267 e. The van der Waals surface area contributed by atoms with E-state index in [-0.39, 0.29) is 11.5 Å². The van der Waals surface area contributed by atoms with E-state index in [1.54, 1.807) is 38.6 Å². The lowest BCUT2D eigenvalue weighted by Gasteiger charge is -2.15. The summed E-state index contributed by atoms with van der Waals surface area (Å²) in [5.74, 6) is 0.534. The monoisotopic (exact) mass is 378 g/mol. The van der Waals surface area contributed by atoms with Crippen molar-refractivity contribution in [3.8, 4) is 17.0 Å². The number of hydrogen-bond donors (Lipinski definition) is 1. The second kappa shape index (κ2) is 8.94. The molecule has 1 unspecified atom stereocenters. The van der Waals surface area contributed by atoms with Gasteiger partial charge >= 0.3 is 0 Å². The van der Waals surface area contributed by atoms with Crippen molar-refractivity contribution in [3.63, 3.8) is 0 Å². The lowest BCUT2D eigenvalue weighted by Crippen LogP contribution is -2.37. The number of methoxy groups -OCH3 is 1. The third kappa shape index (κ3) is 4.62. The Kier molecular flexibility index (Phi) is 6.16. The van der Waals surface area contributed by atoms with Gasteiger partial charge in [0.2, 0.25) is 5.91 Å². The molecule has 1 N–H and O–H groups in total. The van der Waals surface area contributed by atoms with E-state index in [0.717, 1.165) is 16.9 Å². The molecule has 7 heteroatoms. The molecule has 0 spiro atoms. The maximum atomic E-state index is 12.5. The molecule has 1 aromatic carbocycles. The highest BCUT2D eigenvalue weighted by molar-refractivity contribution is 5.79. The average Bonchev–Trinajstić information content (AvgIpc) is 2.74. The third-order valence-corrected chi connectivity index (χ3v) is 4.40. The Morgan fingerprint density at radius 2 is 1.96 bits per heavy atom. The molecule has 1 atom stereocenters. The van der Waals surface area contributed by atoms with E-state index in [0.29, 0.717) is 18.7 Å². The van der Waals surface area contributed by atoms with Gasteiger partial charge in [0.05, 0.1) is 12.8 Å². The van der Waals surface area contributed by atoms with Crippen LogP contribution in [0.15, 0.2) is 65.7 Å². The van der Waals surface area contributed by atoms with Crippen LogP contribution in [0, 0.1) is 0 Å². The summed E-state index contributed by atoms with van der Waals surface area (Å²) < 4.78 is 6.33. The van der Waals surface area contributed by atoms with Gasteiger partial charge in [0.1, 0.15) is 11.8 Å². The highest BCUT2D eigenvalue weighted by Gasteiger charge is 2.17. The largest absolute Gasteiger partial charge is 0.497 e. The van der Waals surface area contributed by atoms with Crippen molar-refractivity contribution < 1.29 is 9.53 Å². The molecule has 144 valence electrons. The zero-order valence-electron chi connectivity index (χ0n) is 15.8. The Bertz CT molecular complexity index is 985. The molecule has 0 bridgehead atoms. The van der Waals surface area contributed by atoms with E-state index in [9.17, 15) is 9.59 Å². The van der Waals surface area contributed by atoms with E-state index in [1.807, 2.05) is 30.3 Å². The van der Waals surface area contributed by atoms with E-state index in [1.165, 1.54) is 10.7 Å². The number of pyridine rings is 1. The lowest BCUT2D eigenvalue weighted by molar-refractivity contribution is -0.124. The van der Waals surface area contributed by atoms with Gasteiger partial charge in [-0.1, -0.05) is 12.1 Å². The molecule has 28 heavy (non-hydrogen) atoms. The Hall–Kier alpha value is -3.48. The molecule has 3 rings (SSSR count). The van der Waals surface area contributed by atoms with Gasteiger partial charge in [-0.25, -0.2) is 4.68 Å². The number of carbonyl (C=O) groups excluding carboxylic acids is 1. The molecule has 0 saturated heterocycles. The number of benzene rings is 1. The lowest BCUT2D eigenvalue weighted by atomic mass is 10.1. The van der Waals surface area contributed by atoms with E-state index in [4.69, 9.17) is 4.74 Å². The maximum Gasteiger partial charge on any atom is 0.267 e. The van der Waals surface area contributed by atoms with Crippen LogP contribution in [-0.4, -0.2) is 34.3 Å². The van der Waals surface area contributed by atoms with Crippen LogP contribution in [0.4, 0.5) is 0 Å². The topological polar surface area (TPSA) is 86.1 Å². The fraction of sp³-hybridized carbons (Fsp3) is 0.238. The van der Waals surface area contributed by atoms with Crippen molar-refractivity contribution in [3.05, 3.63) is 76.8 Å². The van der Waals surface area contributed by atoms with Gasteiger partial charge in [0, 0.05) is 30.6 Å². The molecule has 0 fully saturated rings. The minimum atomic E-state index is -0.722. The highest BCUT2D eigenvalue weighted by Crippen LogP contribution is 2.14. The quantitative estimate of drug-likeness (QED) is 0.681. The molecule has 0 radical (unpaired) electrons. The van der Waals surface area contributed by atoms with Gasteiger partial charge < -0.3 is 10.1 Å². The molecule has 7 nitrogen and oxygen atoms in total. The van der Waals surface area contributed by atoms with Gasteiger partial charge in [0.15, 0.2) is 0 Å². The first kappa shape index (κ1) is 19.3. The van der Waals surface area contributed by atoms with Gasteiger partial charge in [-0.3, -0.25) is 14.6 Å². The first-order valence-corrected chi connectivity index (χ1v) is 8.99. The highest BCUT2D eigenvalue weighted by atomic mass is 16.5. The van der Waals surface area contributed by atoms with Gasteiger partial charge in [-0.2, -0.15) is 5.10 Å². The Morgan fingerprint density at radius 3 is 2.64 bits per heavy atom. The van der Waals surface area contributed by atoms with Crippen LogP contribution in [0.25, 0.3) is 11.3 Å². The summed E-state index contributed by atoms with van der Waals surface area (Å²) in [7, 11) is 1.62. The maximum absolute atomic E-state index is 12.5. The Balaban J connectivity index is 1.64. The molecule has 0 saturated carbocycles. The number of ether oxygens (including phenoxy) is 1. The summed E-state index contributed by atoms with van der Waals surface area (Å²) in [6, 6.07) is 13.6. The fourth-order valence-corrected chi connectivity index (χ4v) is 2.75. The summed E-state index contributed by atoms with van der Waals surface area (Å²) >= 11 is 0. The van der Waals surface area contributed by atoms with Crippen molar-refractivity contribution in [2.75, 3.05) is 13.7 Å². The van der Waals surface area contributed by atoms with Crippen LogP contribution < -0.4 is 15.6 Å². The zero-order valence-corrected chi connectivity index (χ0v) is 15.8. The number of nitrogens with zero attached hydrogens (tertiary/aromatic N) is 3. The number of nitrogens with one attached hydrogen (secondary N) is 1. The van der Waals surface area contributed by atoms with Crippen LogP contribution in [0.2, 0.25) is 0 Å². The molecule has 3 aromatic rings. The minimum absolute atomic E-state index is 0.258. The van der Waals surface area contributed by atoms with Gasteiger partial charge in [-0.05, 0) is 49.2 Å². The van der Waals surface area contributed by atoms with Crippen LogP contribution >= 0.6 is 0 Å². The van der Waals surface area contributed by atoms with Crippen molar-refractivity contribution in [2.24, 2.45) is 0 Å². The molecule has 0 aliphatic heterocycles. The van der Waals surface area contributed by atoms with Crippen LogP contribution in [0.5, 0.6) is 5.75 Å². The number of aromatic nitrogens is 3. The van der Waals surface area contributed by atoms with Crippen molar-refractivity contribution in [2.45, 2.75) is 19.4 Å². The van der Waals surface area contributed by atoms with Crippen molar-refractivity contribution >= 4 is 5.91 Å². The molecular weight excluding hydrogens is 356 g/mol. The molecule has 0 aliphatic rings. The minimum Gasteiger partial charge on any atom is -0.497 e. The Morgan fingerprint density at radius 1 is 1.18 bits per heavy atom. The predicted octanol–water partition coefficient (Wildman–Crippen LogP) is 2.23. The molecular formula is C21H22N4O3. The number of carbonyl (C=O) groups is 1. The average molecular weight is 378 g/mol. The molecule has 1 amide bonds. The van der Waals surface area contributed by atoms with Crippen LogP contribution in [0.3, 0.4) is 0 Å². The molecule has 0 aliphatic carbocycles. The third-order valence-electron chi connectivity index (χ3n) is 4.40. The van der Waals surface area contributed by atoms with Crippen molar-refractivity contribution in [1.29, 1.82) is 0 Å². The second-order valence-corrected chi connectivity index (χ2v) is 6.31. The molecule has 2 heterocycles. The van der Waals surface area contributed by atoms with Crippen molar-refractivity contribution in [1.82, 2.24) is 20.1 Å². The van der Waals surface area contributed by atoms with Gasteiger partial charge in [0.25, 0.3) is 5.56 Å². The Labute approximate surface area is 163 Å². The van der Waals surface area contributed by atoms with Crippen LogP contribution in [-0.2, 0) is 11.2 Å². The SMILES string of the molecule is COc1ccc(CCNC(=O)C(C)n2nc(-c3cccnc3)ccc2=O)cc1. The summed E-state index contributed by atoms with van der Waals surface area (Å²) in [4.78, 5) is 28.7. The van der Waals surface area contributed by atoms with Gasteiger partial charge in [-0.15, -0.1) is 0 Å². The summed E-state index contributed by atoms with van der Waals surface area (Å²) in [6.45, 7) is 2.12. The van der Waals surface area contributed by atoms with Crippen LogP contribution in [0.1, 0.15) is 18.5 Å². The normalized spacial score (nSPS) is 11.6. The summed E-state index contributed by atoms with van der Waals surface area (Å²) in [5, 5.41) is 7.20.